The number of carbonyl (C=O) groups is 6. The minimum Gasteiger partial charge on any atom is -0.458 e. The molecule has 19 heteroatoms. The molecule has 2 aromatic heterocycles. The Kier molecular flexibility index (Phi) is 14.4. The van der Waals surface area contributed by atoms with Crippen LogP contribution in [-0.2, 0) is 65.0 Å². The van der Waals surface area contributed by atoms with Crippen LogP contribution in [0.2, 0.25) is 0 Å². The molecule has 2 aliphatic heterocycles. The third-order valence-electron chi connectivity index (χ3n) is 12.3. The number of halogens is 1. The minimum atomic E-state index is -1.98. The number of benzene rings is 2. The topological polar surface area (TPSA) is 248 Å². The third-order valence-corrected chi connectivity index (χ3v) is 12.3. The van der Waals surface area contributed by atoms with Gasteiger partial charge in [0.05, 0.1) is 42.1 Å². The highest BCUT2D eigenvalue weighted by Crippen LogP contribution is 2.46. The lowest BCUT2D eigenvalue weighted by Gasteiger charge is -2.31. The van der Waals surface area contributed by atoms with E-state index in [0.29, 0.717) is 61.2 Å². The van der Waals surface area contributed by atoms with Crippen LogP contribution in [0.4, 0.5) is 9.18 Å². The number of esters is 1. The predicted octanol–water partition coefficient (Wildman–Crippen LogP) is 2.49. The maximum Gasteiger partial charge on any atom is 0.408 e. The summed E-state index contributed by atoms with van der Waals surface area (Å²) in [5, 5.41) is 28.6. The number of nitrogens with zero attached hydrogens (tertiary/aromatic N) is 2. The van der Waals surface area contributed by atoms with Gasteiger partial charge in [-0.05, 0) is 94.7 Å². The van der Waals surface area contributed by atoms with Gasteiger partial charge in [0, 0.05) is 41.6 Å². The number of hydrogen-bond donors (Lipinski definition) is 7. The van der Waals surface area contributed by atoms with Gasteiger partial charge >= 0.3 is 12.1 Å². The van der Waals surface area contributed by atoms with E-state index in [4.69, 9.17) is 14.5 Å². The lowest BCUT2D eigenvalue weighted by atomic mass is 9.81. The predicted molar refractivity (Wildman–Crippen MR) is 243 cm³/mol. The summed E-state index contributed by atoms with van der Waals surface area (Å²) in [6.07, 6.45) is 1.88. The number of rotatable bonds is 17. The number of ether oxygens (including phenoxy) is 2. The summed E-state index contributed by atoms with van der Waals surface area (Å²) in [6.45, 7) is 8.06. The number of alkyl carbamates (subject to hydrolysis) is 1. The SMILES string of the molecule is CC[C@@]1(O)C(=O)OCc2c1cc1n(c2=O)Cc2c-1nc1cc(F)c(C)c3c1c2[C@@H](NCCCCNC(=O)CNC(=O)[C@H](Cc1ccccc1)NC(=O)CNC(=O)CNC(=O)OC(C)(C)C)CC3. The number of hydrogen-bond acceptors (Lipinski definition) is 12. The Bertz CT molecular complexity index is 2680. The Morgan fingerprint density at radius 1 is 0.940 bits per heavy atom. The van der Waals surface area contributed by atoms with Gasteiger partial charge < -0.3 is 51.0 Å². The van der Waals surface area contributed by atoms with Crippen molar-refractivity contribution in [2.24, 2.45) is 0 Å². The second-order valence-electron chi connectivity index (χ2n) is 18.1. The normalized spacial score (nSPS) is 17.3. The Morgan fingerprint density at radius 3 is 2.37 bits per heavy atom. The Labute approximate surface area is 386 Å². The van der Waals surface area contributed by atoms with Gasteiger partial charge in [-0.3, -0.25) is 24.0 Å². The highest BCUT2D eigenvalue weighted by atomic mass is 19.1. The number of amides is 5. The Balaban J connectivity index is 0.928. The Hall–Kier alpha value is -6.73. The molecular formula is C48H57FN8O10. The van der Waals surface area contributed by atoms with Gasteiger partial charge in [0.25, 0.3) is 5.56 Å². The van der Waals surface area contributed by atoms with Gasteiger partial charge in [-0.15, -0.1) is 0 Å². The van der Waals surface area contributed by atoms with Crippen LogP contribution in [0.5, 0.6) is 0 Å². The van der Waals surface area contributed by atoms with Crippen LogP contribution in [0.3, 0.4) is 0 Å². The summed E-state index contributed by atoms with van der Waals surface area (Å²) in [6, 6.07) is 10.8. The molecule has 1 aliphatic carbocycles. The Morgan fingerprint density at radius 2 is 1.64 bits per heavy atom. The lowest BCUT2D eigenvalue weighted by Crippen LogP contribution is -2.52. The number of aliphatic hydroxyl groups is 1. The fourth-order valence-corrected chi connectivity index (χ4v) is 8.88. The summed E-state index contributed by atoms with van der Waals surface area (Å²) >= 11 is 0. The zero-order valence-electron chi connectivity index (χ0n) is 38.3. The average molecular weight is 925 g/mol. The molecule has 0 unspecified atom stereocenters. The molecule has 7 rings (SSSR count). The minimum absolute atomic E-state index is 0.00741. The van der Waals surface area contributed by atoms with Crippen molar-refractivity contribution in [1.82, 2.24) is 41.5 Å². The summed E-state index contributed by atoms with van der Waals surface area (Å²) in [5.41, 5.74) is 2.65. The van der Waals surface area contributed by atoms with Gasteiger partial charge in [0.2, 0.25) is 23.6 Å². The van der Waals surface area contributed by atoms with Gasteiger partial charge in [0.15, 0.2) is 5.60 Å². The quantitative estimate of drug-likeness (QED) is 0.0526. The van der Waals surface area contributed by atoms with Crippen molar-refractivity contribution in [2.75, 3.05) is 32.7 Å². The first-order valence-electron chi connectivity index (χ1n) is 22.5. The zero-order chi connectivity index (χ0) is 48.2. The fourth-order valence-electron chi connectivity index (χ4n) is 8.88. The zero-order valence-corrected chi connectivity index (χ0v) is 38.3. The molecule has 3 atom stereocenters. The van der Waals surface area contributed by atoms with E-state index in [-0.39, 0.29) is 61.1 Å². The number of pyridine rings is 2. The summed E-state index contributed by atoms with van der Waals surface area (Å²) in [7, 11) is 0. The molecular weight excluding hydrogens is 868 g/mol. The molecule has 0 saturated carbocycles. The molecule has 0 radical (unpaired) electrons. The fraction of sp³-hybridized carbons (Fsp3) is 0.458. The molecule has 0 fully saturated rings. The van der Waals surface area contributed by atoms with Crippen LogP contribution in [0.15, 0.2) is 47.3 Å². The molecule has 0 saturated heterocycles. The van der Waals surface area contributed by atoms with Gasteiger partial charge in [-0.1, -0.05) is 37.3 Å². The molecule has 4 heterocycles. The molecule has 18 nitrogen and oxygen atoms in total. The van der Waals surface area contributed by atoms with Crippen LogP contribution in [-0.4, -0.2) is 94.7 Å². The van der Waals surface area contributed by atoms with Crippen molar-refractivity contribution in [3.63, 3.8) is 0 Å². The molecule has 67 heavy (non-hydrogen) atoms. The molecule has 0 bridgehead atoms. The highest BCUT2D eigenvalue weighted by molar-refractivity contribution is 5.94. The first kappa shape index (κ1) is 48.2. The molecule has 3 aliphatic rings. The summed E-state index contributed by atoms with van der Waals surface area (Å²) in [5.74, 6) is -3.51. The van der Waals surface area contributed by atoms with Crippen molar-refractivity contribution in [3.05, 3.63) is 97.6 Å². The maximum atomic E-state index is 15.3. The second kappa shape index (κ2) is 20.0. The molecule has 0 spiro atoms. The monoisotopic (exact) mass is 924 g/mol. The molecule has 4 aromatic rings. The van der Waals surface area contributed by atoms with Crippen LogP contribution >= 0.6 is 0 Å². The number of carbonyl (C=O) groups excluding carboxylic acids is 6. The molecule has 356 valence electrons. The van der Waals surface area contributed by atoms with Crippen LogP contribution in [0, 0.1) is 12.7 Å². The van der Waals surface area contributed by atoms with E-state index in [1.165, 1.54) is 6.07 Å². The van der Waals surface area contributed by atoms with E-state index in [1.807, 2.05) is 6.07 Å². The number of aromatic nitrogens is 2. The third kappa shape index (κ3) is 10.6. The van der Waals surface area contributed by atoms with Crippen molar-refractivity contribution >= 4 is 46.6 Å². The van der Waals surface area contributed by atoms with Crippen molar-refractivity contribution in [2.45, 2.75) is 110 Å². The van der Waals surface area contributed by atoms with E-state index < -0.39 is 66.0 Å². The van der Waals surface area contributed by atoms with E-state index in [2.05, 4.69) is 31.9 Å². The van der Waals surface area contributed by atoms with Crippen molar-refractivity contribution in [3.8, 4) is 11.4 Å². The number of cyclic esters (lactones) is 1. The molecule has 7 N–H and O–H groups in total. The maximum absolute atomic E-state index is 15.3. The van der Waals surface area contributed by atoms with Crippen molar-refractivity contribution < 1.29 is 47.7 Å². The highest BCUT2D eigenvalue weighted by Gasteiger charge is 2.46. The average Bonchev–Trinajstić information content (AvgIpc) is 3.66. The smallest absolute Gasteiger partial charge is 0.408 e. The number of fused-ring (bicyclic) bond motifs is 5. The molecule has 2 aromatic carbocycles. The van der Waals surface area contributed by atoms with Crippen LogP contribution in [0.25, 0.3) is 22.3 Å². The van der Waals surface area contributed by atoms with E-state index in [1.54, 1.807) is 69.5 Å². The number of unbranched alkanes of at least 4 members (excludes halogenated alkanes) is 1. The first-order chi connectivity index (χ1) is 31.9. The summed E-state index contributed by atoms with van der Waals surface area (Å²) < 4.78 is 27.3. The van der Waals surface area contributed by atoms with E-state index >= 15 is 4.39 Å². The second-order valence-corrected chi connectivity index (χ2v) is 18.1. The van der Waals surface area contributed by atoms with Crippen LogP contribution < -0.4 is 37.5 Å². The number of nitrogens with one attached hydrogen (secondary N) is 6. The largest absolute Gasteiger partial charge is 0.458 e. The first-order valence-corrected chi connectivity index (χ1v) is 22.5. The van der Waals surface area contributed by atoms with Gasteiger partial charge in [0.1, 0.15) is 30.6 Å². The lowest BCUT2D eigenvalue weighted by molar-refractivity contribution is -0.172. The summed E-state index contributed by atoms with van der Waals surface area (Å²) in [4.78, 5) is 94.6. The van der Waals surface area contributed by atoms with Gasteiger partial charge in [-0.25, -0.2) is 19.0 Å². The van der Waals surface area contributed by atoms with E-state index in [9.17, 15) is 38.7 Å². The van der Waals surface area contributed by atoms with Crippen molar-refractivity contribution in [1.29, 1.82) is 0 Å². The molecule has 5 amide bonds. The standard InChI is InChI=1S/C48H57FN8O10/c1-6-48(65)31-19-36-42-29(24-57(36)44(62)30(31)25-66-45(48)63)41-33(15-14-28-26(2)32(49)20-34(56-42)40(28)41)50-16-10-11-17-51-37(58)21-53-43(61)35(18-27-12-8-7-9-13-27)55-39(60)23-52-38(59)22-54-46(64)67-47(3,4)5/h7-9,12-13,19-20,33,35,50,65H,6,10-11,14-18,21-25H2,1-5H3,(H,51,58)(H,52,59)(H,53,61)(H,54,64)(H,55,60)/t33-,35-,48-/m0/s1. The van der Waals surface area contributed by atoms with E-state index in [0.717, 1.165) is 27.6 Å². The van der Waals surface area contributed by atoms with Gasteiger partial charge in [-0.2, -0.15) is 0 Å². The van der Waals surface area contributed by atoms with Crippen LogP contribution in [0.1, 0.15) is 98.4 Å². The number of aryl methyl sites for hydroxylation is 1.